The fourth-order valence-corrected chi connectivity index (χ4v) is 9.54. The summed E-state index contributed by atoms with van der Waals surface area (Å²) >= 11 is 0. The third kappa shape index (κ3) is 10.7. The summed E-state index contributed by atoms with van der Waals surface area (Å²) in [7, 11) is 2.96. The van der Waals surface area contributed by atoms with Crippen LogP contribution in [0.3, 0.4) is 0 Å². The van der Waals surface area contributed by atoms with E-state index in [4.69, 9.17) is 32.7 Å². The van der Waals surface area contributed by atoms with Crippen LogP contribution in [0.25, 0.3) is 0 Å². The molecule has 0 radical (unpaired) electrons. The van der Waals surface area contributed by atoms with Crippen molar-refractivity contribution in [3.8, 4) is 17.6 Å². The number of nitriles is 1. The average molecular weight is 878 g/mol. The molecule has 1 aliphatic rings. The van der Waals surface area contributed by atoms with Crippen molar-refractivity contribution < 1.29 is 37.5 Å². The molecule has 0 spiro atoms. The van der Waals surface area contributed by atoms with E-state index in [9.17, 15) is 14.9 Å². The Kier molecular flexibility index (Phi) is 16.2. The highest BCUT2D eigenvalue weighted by Crippen LogP contribution is 2.51. The molecule has 1 aliphatic heterocycles. The zero-order chi connectivity index (χ0) is 45.1. The van der Waals surface area contributed by atoms with Gasteiger partial charge in [-0.25, -0.2) is 9.46 Å². The maximum Gasteiger partial charge on any atom is 0.351 e. The Morgan fingerprint density at radius 2 is 1.41 bits per heavy atom. The van der Waals surface area contributed by atoms with Gasteiger partial charge in [0.2, 0.25) is 0 Å². The van der Waals surface area contributed by atoms with E-state index in [1.807, 2.05) is 84.9 Å². The summed E-state index contributed by atoms with van der Waals surface area (Å²) in [5.41, 5.74) is 1.52. The minimum Gasteiger partial charge on any atom is -0.497 e. The van der Waals surface area contributed by atoms with Crippen molar-refractivity contribution in [1.82, 2.24) is 14.2 Å². The van der Waals surface area contributed by atoms with Gasteiger partial charge in [-0.15, -0.1) is 0 Å². The number of aromatic nitrogens is 2. The standard InChI is InChI=1S/C48H56N5O9P/c1-32(2)53(33(3)4)63(60-29-15-28-49)62-42-41(61-46(43(42)58-8)52-30-34(5)44(51-47(52)55)50-45(54)35-16-11-9-12-17-35)31-59-48(36-18-13-10-14-19-36,37-20-24-39(56-6)25-21-37)38-22-26-40(57-7)27-23-38/h9-14,16-27,30,32-33,41-43,46H,15,29,31H2,1-8H3,(H,50,51,54,55)/t41-,42?,43-,46-,63?/m1/s1. The van der Waals surface area contributed by atoms with Crippen LogP contribution in [0.5, 0.6) is 11.5 Å². The van der Waals surface area contributed by atoms with Gasteiger partial charge in [-0.2, -0.15) is 10.2 Å². The molecule has 1 fully saturated rings. The van der Waals surface area contributed by atoms with Crippen LogP contribution in [0.2, 0.25) is 0 Å². The summed E-state index contributed by atoms with van der Waals surface area (Å²) in [6.45, 7) is 10.0. The number of hydrogen-bond acceptors (Lipinski definition) is 12. The minimum absolute atomic E-state index is 0.00371. The van der Waals surface area contributed by atoms with Crippen molar-refractivity contribution in [2.24, 2.45) is 0 Å². The van der Waals surface area contributed by atoms with Crippen molar-refractivity contribution in [2.75, 3.05) is 39.9 Å². The summed E-state index contributed by atoms with van der Waals surface area (Å²) in [5.74, 6) is 1.08. The zero-order valence-electron chi connectivity index (χ0n) is 37.0. The monoisotopic (exact) mass is 877 g/mol. The van der Waals surface area contributed by atoms with Gasteiger partial charge in [0.25, 0.3) is 14.4 Å². The van der Waals surface area contributed by atoms with E-state index in [1.165, 1.54) is 11.7 Å². The number of rotatable bonds is 20. The molecular formula is C48H56N5O9P. The van der Waals surface area contributed by atoms with Gasteiger partial charge < -0.3 is 38.0 Å². The Hall–Kier alpha value is -5.49. The molecule has 2 unspecified atom stereocenters. The highest BCUT2D eigenvalue weighted by Gasteiger charge is 2.51. The fraction of sp³-hybridized carbons (Fsp3) is 0.375. The van der Waals surface area contributed by atoms with Gasteiger partial charge in [-0.05, 0) is 87.7 Å². The van der Waals surface area contributed by atoms with Crippen LogP contribution in [0.1, 0.15) is 73.0 Å². The fourth-order valence-electron chi connectivity index (χ4n) is 7.77. The minimum atomic E-state index is -1.82. The van der Waals surface area contributed by atoms with Gasteiger partial charge in [-0.1, -0.05) is 72.8 Å². The molecule has 15 heteroatoms. The summed E-state index contributed by atoms with van der Waals surface area (Å²) in [6.07, 6.45) is -1.93. The number of methoxy groups -OCH3 is 3. The number of amides is 1. The van der Waals surface area contributed by atoms with Crippen LogP contribution in [0.4, 0.5) is 5.82 Å². The van der Waals surface area contributed by atoms with E-state index < -0.39 is 50.3 Å². The Labute approximate surface area is 370 Å². The summed E-state index contributed by atoms with van der Waals surface area (Å²) in [6, 6.07) is 36.2. The quantitative estimate of drug-likeness (QED) is 0.0454. The predicted octanol–water partition coefficient (Wildman–Crippen LogP) is 8.40. The van der Waals surface area contributed by atoms with Gasteiger partial charge in [0.05, 0.1) is 39.9 Å². The van der Waals surface area contributed by atoms with Gasteiger partial charge >= 0.3 is 5.69 Å². The van der Waals surface area contributed by atoms with Gasteiger partial charge in [-0.3, -0.25) is 9.36 Å². The molecule has 6 rings (SSSR count). The molecule has 1 amide bonds. The van der Waals surface area contributed by atoms with Crippen molar-refractivity contribution >= 4 is 20.3 Å². The lowest BCUT2D eigenvalue weighted by Gasteiger charge is -2.39. The zero-order valence-corrected chi connectivity index (χ0v) is 37.9. The van der Waals surface area contributed by atoms with Gasteiger partial charge in [0, 0.05) is 36.5 Å². The molecule has 14 nitrogen and oxygen atoms in total. The highest BCUT2D eigenvalue weighted by molar-refractivity contribution is 7.44. The third-order valence-corrected chi connectivity index (χ3v) is 12.9. The number of aryl methyl sites for hydroxylation is 1. The Morgan fingerprint density at radius 3 is 1.94 bits per heavy atom. The van der Waals surface area contributed by atoms with Crippen LogP contribution in [-0.4, -0.2) is 85.1 Å². The molecular weight excluding hydrogens is 822 g/mol. The van der Waals surface area contributed by atoms with Crippen LogP contribution in [0, 0.1) is 18.3 Å². The van der Waals surface area contributed by atoms with Crippen molar-refractivity contribution in [3.63, 3.8) is 0 Å². The Bertz CT molecular complexity index is 2290. The molecule has 1 aromatic heterocycles. The van der Waals surface area contributed by atoms with E-state index in [0.717, 1.165) is 16.7 Å². The van der Waals surface area contributed by atoms with E-state index in [-0.39, 0.29) is 37.5 Å². The predicted molar refractivity (Wildman–Crippen MR) is 241 cm³/mol. The lowest BCUT2D eigenvalue weighted by atomic mass is 9.80. The van der Waals surface area contributed by atoms with Gasteiger partial charge in [0.1, 0.15) is 41.2 Å². The Balaban J connectivity index is 1.46. The van der Waals surface area contributed by atoms with E-state index in [1.54, 1.807) is 51.6 Å². The van der Waals surface area contributed by atoms with Crippen LogP contribution in [-0.2, 0) is 28.9 Å². The topological polar surface area (TPSA) is 156 Å². The molecule has 5 aromatic rings. The molecule has 1 saturated heterocycles. The second kappa shape index (κ2) is 21.7. The molecule has 0 saturated carbocycles. The Morgan fingerprint density at radius 1 is 0.857 bits per heavy atom. The lowest BCUT2D eigenvalue weighted by molar-refractivity contribution is -0.0957. The number of nitrogens with one attached hydrogen (secondary N) is 1. The number of ether oxygens (including phenoxy) is 5. The first kappa shape index (κ1) is 47.0. The molecule has 332 valence electrons. The third-order valence-electron chi connectivity index (χ3n) is 10.7. The van der Waals surface area contributed by atoms with Gasteiger partial charge in [0.15, 0.2) is 6.23 Å². The number of nitrogens with zero attached hydrogens (tertiary/aromatic N) is 4. The summed E-state index contributed by atoms with van der Waals surface area (Å²) < 4.78 is 48.5. The number of benzene rings is 4. The van der Waals surface area contributed by atoms with Crippen molar-refractivity contribution in [2.45, 2.75) is 83.3 Å². The maximum atomic E-state index is 14.0. The number of carbonyl (C=O) groups is 1. The number of hydrogen-bond donors (Lipinski definition) is 1. The van der Waals surface area contributed by atoms with Crippen molar-refractivity contribution in [1.29, 1.82) is 5.26 Å². The second-order valence-corrected chi connectivity index (χ2v) is 16.9. The van der Waals surface area contributed by atoms with Crippen molar-refractivity contribution in [3.05, 3.63) is 154 Å². The van der Waals surface area contributed by atoms with E-state index in [0.29, 0.717) is 22.6 Å². The first-order chi connectivity index (χ1) is 30.4. The largest absolute Gasteiger partial charge is 0.497 e. The number of anilines is 1. The summed E-state index contributed by atoms with van der Waals surface area (Å²) in [5, 5.41) is 12.2. The molecule has 0 bridgehead atoms. The van der Waals surface area contributed by atoms with Crippen LogP contribution in [0.15, 0.2) is 120 Å². The number of carbonyl (C=O) groups excluding carboxylic acids is 1. The molecule has 2 heterocycles. The maximum absolute atomic E-state index is 14.0. The first-order valence-corrected chi connectivity index (χ1v) is 22.0. The van der Waals surface area contributed by atoms with Crippen LogP contribution >= 0.6 is 8.53 Å². The summed E-state index contributed by atoms with van der Waals surface area (Å²) in [4.78, 5) is 31.4. The lowest BCUT2D eigenvalue weighted by Crippen LogP contribution is -2.43. The van der Waals surface area contributed by atoms with E-state index >= 15 is 0 Å². The average Bonchev–Trinajstić information content (AvgIpc) is 3.64. The first-order valence-electron chi connectivity index (χ1n) is 20.8. The smallest absolute Gasteiger partial charge is 0.351 e. The normalized spacial score (nSPS) is 18.1. The molecule has 0 aliphatic carbocycles. The van der Waals surface area contributed by atoms with E-state index in [2.05, 4.69) is 48.7 Å². The molecule has 4 aromatic carbocycles. The SMILES string of the molecule is COc1ccc(C(OC[C@H]2O[C@@H](n3cc(C)c(NC(=O)c4ccccc4)nc3=O)[C@H](OC)C2OP(OCCC#N)N(C(C)C)C(C)C)(c2ccccc2)c2ccc(OC)cc2)cc1. The molecule has 63 heavy (non-hydrogen) atoms. The second-order valence-electron chi connectivity index (χ2n) is 15.5. The molecule has 5 atom stereocenters. The highest BCUT2D eigenvalue weighted by atomic mass is 31.2. The molecule has 1 N–H and O–H groups in total. The van der Waals surface area contributed by atoms with Crippen LogP contribution < -0.4 is 20.5 Å².